The van der Waals surface area contributed by atoms with Crippen LogP contribution in [-0.2, 0) is 27.5 Å². The molecule has 6 atom stereocenters. The second-order valence-corrected chi connectivity index (χ2v) is 20.7. The molecule has 0 spiro atoms. The molecule has 230 valence electrons. The molecular weight excluding hydrogens is 563 g/mol. The summed E-state index contributed by atoms with van der Waals surface area (Å²) in [7, 11) is -6.11. The average Bonchev–Trinajstić information content (AvgIpc) is 3.43. The molecule has 2 aromatic carbocycles. The molecule has 3 fully saturated rings. The Kier molecular flexibility index (Phi) is 8.54. The van der Waals surface area contributed by atoms with E-state index in [0.29, 0.717) is 6.16 Å². The van der Waals surface area contributed by atoms with Gasteiger partial charge in [-0.2, -0.15) is 0 Å². The highest BCUT2D eigenvalue weighted by Gasteiger charge is 2.76. The summed E-state index contributed by atoms with van der Waals surface area (Å²) in [5.41, 5.74) is -0.311. The van der Waals surface area contributed by atoms with Gasteiger partial charge >= 0.3 is 7.60 Å². The summed E-state index contributed by atoms with van der Waals surface area (Å²) in [6.45, 7) is 18.7. The Morgan fingerprint density at radius 1 is 0.976 bits per heavy atom. The van der Waals surface area contributed by atoms with E-state index in [0.717, 1.165) is 6.42 Å². The van der Waals surface area contributed by atoms with Gasteiger partial charge in [-0.3, -0.25) is 4.52 Å². The Bertz CT molecular complexity index is 1250. The molecule has 2 saturated carbocycles. The Hall–Kier alpha value is -1.73. The molecule has 1 saturated heterocycles. The Balaban J connectivity index is 1.52. The standard InChI is InChI=1S/C34H49O6PSi/c1-24(2)23-41(35,39-25(3)4)36-21-20-34-22-28(34)29(30-31(34)38-33(8,9)37-30)40-42(32(5,6)7,26-16-12-10-13-17-26)27-18-14-11-15-19-27/h10-21,24-25,28-31H,22-23H2,1-9H3/t28-,29+,30+,31+,34+,41?/m1/s1. The first-order chi connectivity index (χ1) is 19.6. The Labute approximate surface area is 253 Å². The molecule has 2 aliphatic carbocycles. The molecule has 0 bridgehead atoms. The monoisotopic (exact) mass is 612 g/mol. The molecule has 0 radical (unpaired) electrons. The van der Waals surface area contributed by atoms with Gasteiger partial charge in [-0.05, 0) is 67.4 Å². The molecule has 0 N–H and O–H groups in total. The summed E-state index contributed by atoms with van der Waals surface area (Å²) < 4.78 is 46.2. The van der Waals surface area contributed by atoms with E-state index in [2.05, 4.69) is 87.5 Å². The van der Waals surface area contributed by atoms with Crippen molar-refractivity contribution in [2.24, 2.45) is 17.3 Å². The van der Waals surface area contributed by atoms with Gasteiger partial charge in [0.2, 0.25) is 0 Å². The Morgan fingerprint density at radius 3 is 2.05 bits per heavy atom. The predicted molar refractivity (Wildman–Crippen MR) is 171 cm³/mol. The van der Waals surface area contributed by atoms with Gasteiger partial charge in [-0.25, -0.2) is 4.57 Å². The third kappa shape index (κ3) is 5.86. The smallest absolute Gasteiger partial charge is 0.379 e. The van der Waals surface area contributed by atoms with Crippen LogP contribution >= 0.6 is 7.60 Å². The maximum Gasteiger partial charge on any atom is 0.379 e. The summed E-state index contributed by atoms with van der Waals surface area (Å²) in [4.78, 5) is 0. The van der Waals surface area contributed by atoms with E-state index in [9.17, 15) is 4.57 Å². The highest BCUT2D eigenvalue weighted by molar-refractivity contribution is 7.53. The van der Waals surface area contributed by atoms with Crippen molar-refractivity contribution in [3.63, 3.8) is 0 Å². The number of hydrogen-bond donors (Lipinski definition) is 0. The van der Waals surface area contributed by atoms with Crippen molar-refractivity contribution in [1.29, 1.82) is 0 Å². The third-order valence-electron chi connectivity index (χ3n) is 8.77. The molecule has 1 unspecified atom stereocenters. The van der Waals surface area contributed by atoms with Gasteiger partial charge in [0.15, 0.2) is 5.79 Å². The van der Waals surface area contributed by atoms with Gasteiger partial charge in [-0.1, -0.05) is 95.3 Å². The first kappa shape index (κ1) is 31.7. The van der Waals surface area contributed by atoms with Crippen LogP contribution < -0.4 is 10.4 Å². The fourth-order valence-electron chi connectivity index (χ4n) is 7.21. The lowest BCUT2D eigenvalue weighted by Gasteiger charge is -2.45. The topological polar surface area (TPSA) is 63.2 Å². The molecule has 1 aliphatic heterocycles. The minimum Gasteiger partial charge on any atom is -0.433 e. The van der Waals surface area contributed by atoms with E-state index in [1.807, 2.05) is 41.5 Å². The largest absolute Gasteiger partial charge is 0.433 e. The van der Waals surface area contributed by atoms with E-state index >= 15 is 0 Å². The molecule has 1 heterocycles. The van der Waals surface area contributed by atoms with E-state index in [4.69, 9.17) is 22.9 Å². The molecule has 2 aromatic rings. The molecular formula is C34H49O6PSi. The van der Waals surface area contributed by atoms with Gasteiger partial charge < -0.3 is 18.4 Å². The maximum absolute atomic E-state index is 13.6. The van der Waals surface area contributed by atoms with Crippen molar-refractivity contribution in [2.45, 2.75) is 104 Å². The average molecular weight is 613 g/mol. The van der Waals surface area contributed by atoms with Gasteiger partial charge in [0.25, 0.3) is 8.32 Å². The second-order valence-electron chi connectivity index (χ2n) is 14.4. The first-order valence-corrected chi connectivity index (χ1v) is 19.0. The number of benzene rings is 2. The summed E-state index contributed by atoms with van der Waals surface area (Å²) >= 11 is 0. The molecule has 8 heteroatoms. The number of ether oxygens (including phenoxy) is 2. The second kappa shape index (κ2) is 11.3. The van der Waals surface area contributed by atoms with Crippen LogP contribution in [0.2, 0.25) is 5.04 Å². The predicted octanol–water partition coefficient (Wildman–Crippen LogP) is 7.28. The summed E-state index contributed by atoms with van der Waals surface area (Å²) in [6.07, 6.45) is 4.17. The van der Waals surface area contributed by atoms with Crippen LogP contribution in [0.15, 0.2) is 73.0 Å². The molecule has 42 heavy (non-hydrogen) atoms. The zero-order valence-corrected chi connectivity index (χ0v) is 28.6. The van der Waals surface area contributed by atoms with Crippen molar-refractivity contribution in [2.75, 3.05) is 6.16 Å². The number of fused-ring (bicyclic) bond motifs is 3. The lowest BCUT2D eigenvalue weighted by Crippen LogP contribution is -2.68. The molecule has 5 rings (SSSR count). The van der Waals surface area contributed by atoms with Crippen molar-refractivity contribution in [1.82, 2.24) is 0 Å². The van der Waals surface area contributed by atoms with Crippen LogP contribution in [0.4, 0.5) is 0 Å². The number of rotatable bonds is 11. The zero-order valence-electron chi connectivity index (χ0n) is 26.7. The third-order valence-corrected chi connectivity index (χ3v) is 16.2. The van der Waals surface area contributed by atoms with Crippen LogP contribution in [-0.4, -0.2) is 44.7 Å². The molecule has 6 nitrogen and oxygen atoms in total. The highest BCUT2D eigenvalue weighted by Crippen LogP contribution is 2.70. The van der Waals surface area contributed by atoms with Gasteiger partial charge in [0.05, 0.1) is 30.7 Å². The lowest BCUT2D eigenvalue weighted by atomic mass is 9.99. The van der Waals surface area contributed by atoms with Crippen molar-refractivity contribution in [3.8, 4) is 0 Å². The molecule has 0 aromatic heterocycles. The van der Waals surface area contributed by atoms with Crippen molar-refractivity contribution in [3.05, 3.63) is 73.0 Å². The summed E-state index contributed by atoms with van der Waals surface area (Å²) in [5, 5.41) is 2.34. The van der Waals surface area contributed by atoms with E-state index < -0.39 is 21.7 Å². The first-order valence-electron chi connectivity index (χ1n) is 15.4. The van der Waals surface area contributed by atoms with Crippen molar-refractivity contribution < 1.29 is 27.5 Å². The fourth-order valence-corrected chi connectivity index (χ4v) is 13.9. The zero-order chi connectivity index (χ0) is 30.6. The minimum atomic E-state index is -3.29. The van der Waals surface area contributed by atoms with Crippen LogP contribution in [0, 0.1) is 17.3 Å². The molecule has 0 amide bonds. The summed E-state index contributed by atoms with van der Waals surface area (Å²) in [6, 6.07) is 21.5. The van der Waals surface area contributed by atoms with Gasteiger partial charge in [0, 0.05) is 5.41 Å². The van der Waals surface area contributed by atoms with Crippen LogP contribution in [0.5, 0.6) is 0 Å². The Morgan fingerprint density at radius 2 is 1.55 bits per heavy atom. The van der Waals surface area contributed by atoms with Crippen LogP contribution in [0.25, 0.3) is 0 Å². The quantitative estimate of drug-likeness (QED) is 0.151. The maximum atomic E-state index is 13.6. The van der Waals surface area contributed by atoms with Gasteiger partial charge in [-0.15, -0.1) is 0 Å². The molecule has 3 aliphatic rings. The minimum absolute atomic E-state index is 0.156. The van der Waals surface area contributed by atoms with E-state index in [1.165, 1.54) is 10.4 Å². The normalized spacial score (nSPS) is 30.0. The summed E-state index contributed by atoms with van der Waals surface area (Å²) in [5.74, 6) is -0.353. The number of hydrogen-bond acceptors (Lipinski definition) is 6. The SMILES string of the molecule is CC(C)CP(=O)(OC=C[C@]12C[C@@H]1[C@H](O[Si](c1ccccc1)(c1ccccc1)C(C)(C)C)[C@@H]1OC(C)(C)O[C@@H]12)OC(C)C. The van der Waals surface area contributed by atoms with Crippen LogP contribution in [0.3, 0.4) is 0 Å². The fraction of sp³-hybridized carbons (Fsp3) is 0.588. The van der Waals surface area contributed by atoms with E-state index in [-0.39, 0.29) is 46.7 Å². The van der Waals surface area contributed by atoms with Crippen molar-refractivity contribution >= 4 is 26.3 Å². The van der Waals surface area contributed by atoms with E-state index in [1.54, 1.807) is 6.26 Å². The van der Waals surface area contributed by atoms with Crippen LogP contribution in [0.1, 0.15) is 68.7 Å². The lowest BCUT2D eigenvalue weighted by molar-refractivity contribution is -0.164. The van der Waals surface area contributed by atoms with Gasteiger partial charge in [0.1, 0.15) is 6.10 Å². The highest BCUT2D eigenvalue weighted by atomic mass is 31.2.